The van der Waals surface area contributed by atoms with Crippen molar-refractivity contribution >= 4 is 29.1 Å². The number of carbonyl (C=O) groups excluding carboxylic acids is 2. The second-order valence-corrected chi connectivity index (χ2v) is 7.60. The Morgan fingerprint density at radius 1 is 1.13 bits per heavy atom. The molecule has 1 N–H and O–H groups in total. The predicted octanol–water partition coefficient (Wildman–Crippen LogP) is 2.50. The van der Waals surface area contributed by atoms with Gasteiger partial charge in [0.05, 0.1) is 12.3 Å². The number of hydrazone groups is 1. The molecular formula is C23H27N5O3. The number of rotatable bonds is 7. The number of carbonyl (C=O) groups is 2. The molecule has 3 heterocycles. The van der Waals surface area contributed by atoms with Crippen LogP contribution >= 0.6 is 0 Å². The second kappa shape index (κ2) is 9.59. The molecule has 0 aliphatic carbocycles. The normalized spacial score (nSPS) is 18.1. The third-order valence-electron chi connectivity index (χ3n) is 5.45. The molecule has 8 heteroatoms. The summed E-state index contributed by atoms with van der Waals surface area (Å²) in [5, 5.41) is 8.94. The lowest BCUT2D eigenvalue weighted by Crippen LogP contribution is -2.42. The van der Waals surface area contributed by atoms with Gasteiger partial charge < -0.3 is 15.0 Å². The summed E-state index contributed by atoms with van der Waals surface area (Å²) in [6.07, 6.45) is 4.41. The standard InChI is InChI=1S/C23H27N5O3/c1-2-31-23(30)19-14-20(28(26-19)18-8-4-3-5-9-18)22(29)25-16-17-10-11-21(24-15-17)27-12-6-7-13-27/h3-5,8-11,15,20H,2,6-7,12-14,16H2,1H3,(H,25,29). The van der Waals surface area contributed by atoms with E-state index in [1.165, 1.54) is 12.8 Å². The number of amides is 1. The van der Waals surface area contributed by atoms with Crippen LogP contribution in [0.2, 0.25) is 0 Å². The number of hydrogen-bond acceptors (Lipinski definition) is 7. The van der Waals surface area contributed by atoms with Crippen molar-refractivity contribution in [2.75, 3.05) is 29.6 Å². The summed E-state index contributed by atoms with van der Waals surface area (Å²) >= 11 is 0. The molecule has 162 valence electrons. The Kier molecular flexibility index (Phi) is 6.45. The first-order chi connectivity index (χ1) is 15.2. The van der Waals surface area contributed by atoms with Crippen LogP contribution in [-0.4, -0.2) is 48.3 Å². The number of ether oxygens (including phenoxy) is 1. The summed E-state index contributed by atoms with van der Waals surface area (Å²) in [5.41, 5.74) is 1.92. The lowest BCUT2D eigenvalue weighted by Gasteiger charge is -2.22. The number of esters is 1. The van der Waals surface area contributed by atoms with Crippen LogP contribution < -0.4 is 15.2 Å². The Morgan fingerprint density at radius 3 is 2.58 bits per heavy atom. The highest BCUT2D eigenvalue weighted by Gasteiger charge is 2.36. The quantitative estimate of drug-likeness (QED) is 0.692. The molecule has 1 atom stereocenters. The zero-order valence-electron chi connectivity index (χ0n) is 17.7. The van der Waals surface area contributed by atoms with Gasteiger partial charge in [-0.05, 0) is 43.5 Å². The van der Waals surface area contributed by atoms with Crippen molar-refractivity contribution in [1.29, 1.82) is 0 Å². The number of nitrogens with zero attached hydrogens (tertiary/aromatic N) is 4. The van der Waals surface area contributed by atoms with Crippen molar-refractivity contribution in [3.8, 4) is 0 Å². The van der Waals surface area contributed by atoms with Gasteiger partial charge in [0.15, 0.2) is 0 Å². The maximum absolute atomic E-state index is 13.0. The maximum atomic E-state index is 13.0. The molecule has 2 aromatic rings. The monoisotopic (exact) mass is 421 g/mol. The van der Waals surface area contributed by atoms with Crippen molar-refractivity contribution in [3.63, 3.8) is 0 Å². The van der Waals surface area contributed by atoms with Crippen LogP contribution in [0.3, 0.4) is 0 Å². The molecular weight excluding hydrogens is 394 g/mol. The summed E-state index contributed by atoms with van der Waals surface area (Å²) in [6, 6.07) is 12.7. The SMILES string of the molecule is CCOC(=O)C1=NN(c2ccccc2)C(C(=O)NCc2ccc(N3CCCC3)nc2)C1. The van der Waals surface area contributed by atoms with Gasteiger partial charge in [-0.1, -0.05) is 24.3 Å². The van der Waals surface area contributed by atoms with Crippen LogP contribution in [0.4, 0.5) is 11.5 Å². The number of anilines is 2. The Morgan fingerprint density at radius 2 is 1.90 bits per heavy atom. The molecule has 0 saturated carbocycles. The molecule has 1 unspecified atom stereocenters. The maximum Gasteiger partial charge on any atom is 0.354 e. The van der Waals surface area contributed by atoms with E-state index in [0.717, 1.165) is 30.2 Å². The van der Waals surface area contributed by atoms with Crippen molar-refractivity contribution in [3.05, 3.63) is 54.2 Å². The van der Waals surface area contributed by atoms with Gasteiger partial charge in [-0.25, -0.2) is 9.78 Å². The molecule has 1 saturated heterocycles. The highest BCUT2D eigenvalue weighted by Crippen LogP contribution is 2.25. The van der Waals surface area contributed by atoms with E-state index >= 15 is 0 Å². The Bertz CT molecular complexity index is 939. The van der Waals surface area contributed by atoms with E-state index in [4.69, 9.17) is 4.74 Å². The lowest BCUT2D eigenvalue weighted by molar-refractivity contribution is -0.135. The summed E-state index contributed by atoms with van der Waals surface area (Å²) in [5.74, 6) is 0.294. The molecule has 1 aromatic carbocycles. The minimum atomic E-state index is -0.612. The fourth-order valence-electron chi connectivity index (χ4n) is 3.83. The first-order valence-corrected chi connectivity index (χ1v) is 10.7. The molecule has 1 fully saturated rings. The fraction of sp³-hybridized carbons (Fsp3) is 0.391. The predicted molar refractivity (Wildman–Crippen MR) is 119 cm³/mol. The third-order valence-corrected chi connectivity index (χ3v) is 5.45. The summed E-state index contributed by atoms with van der Waals surface area (Å²) < 4.78 is 5.08. The van der Waals surface area contributed by atoms with Crippen molar-refractivity contribution in [1.82, 2.24) is 10.3 Å². The van der Waals surface area contributed by atoms with E-state index in [1.54, 1.807) is 18.1 Å². The van der Waals surface area contributed by atoms with Gasteiger partial charge in [-0.2, -0.15) is 5.10 Å². The van der Waals surface area contributed by atoms with Gasteiger partial charge in [0, 0.05) is 32.3 Å². The molecule has 2 aliphatic rings. The van der Waals surface area contributed by atoms with Crippen LogP contribution in [0.15, 0.2) is 53.8 Å². The number of pyridine rings is 1. The number of para-hydroxylation sites is 1. The van der Waals surface area contributed by atoms with Gasteiger partial charge in [0.2, 0.25) is 5.91 Å². The highest BCUT2D eigenvalue weighted by atomic mass is 16.5. The van der Waals surface area contributed by atoms with Gasteiger partial charge in [-0.3, -0.25) is 9.80 Å². The molecule has 0 spiro atoms. The minimum Gasteiger partial charge on any atom is -0.461 e. The average Bonchev–Trinajstić information content (AvgIpc) is 3.49. The molecule has 2 aliphatic heterocycles. The van der Waals surface area contributed by atoms with Gasteiger partial charge in [0.25, 0.3) is 0 Å². The number of hydrogen-bond donors (Lipinski definition) is 1. The minimum absolute atomic E-state index is 0.199. The average molecular weight is 422 g/mol. The zero-order chi connectivity index (χ0) is 21.6. The van der Waals surface area contributed by atoms with Crippen LogP contribution in [0, 0.1) is 0 Å². The molecule has 4 rings (SSSR count). The topological polar surface area (TPSA) is 87.1 Å². The van der Waals surface area contributed by atoms with Crippen LogP contribution in [0.5, 0.6) is 0 Å². The van der Waals surface area contributed by atoms with Gasteiger partial charge in [-0.15, -0.1) is 0 Å². The number of aromatic nitrogens is 1. The Hall–Kier alpha value is -3.42. The van der Waals surface area contributed by atoms with Gasteiger partial charge >= 0.3 is 5.97 Å². The van der Waals surface area contributed by atoms with Gasteiger partial charge in [0.1, 0.15) is 17.6 Å². The number of benzene rings is 1. The Labute approximate surface area is 181 Å². The number of nitrogens with one attached hydrogen (secondary N) is 1. The van der Waals surface area contributed by atoms with E-state index in [1.807, 2.05) is 42.5 Å². The third kappa shape index (κ3) is 4.84. The Balaban J connectivity index is 1.42. The van der Waals surface area contributed by atoms with Crippen molar-refractivity contribution < 1.29 is 14.3 Å². The summed E-state index contributed by atoms with van der Waals surface area (Å²) in [7, 11) is 0. The van der Waals surface area contributed by atoms with Crippen molar-refractivity contribution in [2.45, 2.75) is 38.8 Å². The second-order valence-electron chi connectivity index (χ2n) is 7.60. The summed E-state index contributed by atoms with van der Waals surface area (Å²) in [6.45, 7) is 4.46. The first-order valence-electron chi connectivity index (χ1n) is 10.7. The van der Waals surface area contributed by atoms with E-state index in [2.05, 4.69) is 20.3 Å². The smallest absolute Gasteiger partial charge is 0.354 e. The van der Waals surface area contributed by atoms with E-state index in [-0.39, 0.29) is 24.6 Å². The molecule has 8 nitrogen and oxygen atoms in total. The largest absolute Gasteiger partial charge is 0.461 e. The van der Waals surface area contributed by atoms with E-state index < -0.39 is 12.0 Å². The molecule has 31 heavy (non-hydrogen) atoms. The van der Waals surface area contributed by atoms with Crippen LogP contribution in [0.1, 0.15) is 31.7 Å². The van der Waals surface area contributed by atoms with Crippen LogP contribution in [-0.2, 0) is 20.9 Å². The van der Waals surface area contributed by atoms with Crippen LogP contribution in [0.25, 0.3) is 0 Å². The molecule has 1 aromatic heterocycles. The fourth-order valence-corrected chi connectivity index (χ4v) is 3.83. The zero-order valence-corrected chi connectivity index (χ0v) is 17.7. The first kappa shape index (κ1) is 20.8. The molecule has 0 bridgehead atoms. The van der Waals surface area contributed by atoms with E-state index in [9.17, 15) is 9.59 Å². The lowest BCUT2D eigenvalue weighted by atomic mass is 10.1. The van der Waals surface area contributed by atoms with E-state index in [0.29, 0.717) is 6.54 Å². The van der Waals surface area contributed by atoms with Crippen molar-refractivity contribution in [2.24, 2.45) is 5.10 Å². The molecule has 0 radical (unpaired) electrons. The summed E-state index contributed by atoms with van der Waals surface area (Å²) in [4.78, 5) is 32.0. The molecule has 1 amide bonds. The highest BCUT2D eigenvalue weighted by molar-refractivity contribution is 6.38.